The number of alkyl halides is 1. The summed E-state index contributed by atoms with van der Waals surface area (Å²) in [4.78, 5) is 12.1. The monoisotopic (exact) mass is 352 g/mol. The largest absolute Gasteiger partial charge is 0.462 e. The van der Waals surface area contributed by atoms with Crippen molar-refractivity contribution in [2.45, 2.75) is 52.3 Å². The Bertz CT molecular complexity index is 450. The Hall–Kier alpha value is -0.180. The molecular formula is C16H23Cl3O2. The van der Waals surface area contributed by atoms with E-state index in [2.05, 4.69) is 27.7 Å². The van der Waals surface area contributed by atoms with Gasteiger partial charge in [0.05, 0.1) is 27.6 Å². The van der Waals surface area contributed by atoms with E-state index in [0.29, 0.717) is 29.6 Å². The molecule has 1 aliphatic carbocycles. The quantitative estimate of drug-likeness (QED) is 0.457. The van der Waals surface area contributed by atoms with Gasteiger partial charge in [-0.15, -0.1) is 11.6 Å². The zero-order valence-electron chi connectivity index (χ0n) is 13.0. The number of allylic oxidation sites excluding steroid dienone is 3. The fraction of sp³-hybridized carbons (Fsp3) is 0.688. The molecule has 1 aliphatic rings. The summed E-state index contributed by atoms with van der Waals surface area (Å²) >= 11 is 18.0. The van der Waals surface area contributed by atoms with Crippen LogP contribution in [0.4, 0.5) is 0 Å². The van der Waals surface area contributed by atoms with Crippen molar-refractivity contribution in [3.05, 3.63) is 21.7 Å². The minimum Gasteiger partial charge on any atom is -0.462 e. The molecule has 0 saturated heterocycles. The van der Waals surface area contributed by atoms with Gasteiger partial charge in [-0.1, -0.05) is 50.9 Å². The molecule has 2 nitrogen and oxygen atoms in total. The van der Waals surface area contributed by atoms with E-state index in [0.717, 1.165) is 12.8 Å². The smallest absolute Gasteiger partial charge is 0.335 e. The summed E-state index contributed by atoms with van der Waals surface area (Å²) in [5.74, 6) is 0.199. The topological polar surface area (TPSA) is 26.3 Å². The van der Waals surface area contributed by atoms with Crippen LogP contribution in [0.5, 0.6) is 0 Å². The normalized spacial score (nSPS) is 19.8. The van der Waals surface area contributed by atoms with Crippen LogP contribution in [0.15, 0.2) is 21.7 Å². The van der Waals surface area contributed by atoms with Crippen molar-refractivity contribution in [2.24, 2.45) is 11.3 Å². The van der Waals surface area contributed by atoms with Crippen LogP contribution >= 0.6 is 34.8 Å². The van der Waals surface area contributed by atoms with E-state index >= 15 is 0 Å². The Morgan fingerprint density at radius 2 is 2.05 bits per heavy atom. The van der Waals surface area contributed by atoms with Crippen LogP contribution in [-0.2, 0) is 9.53 Å². The molecule has 0 spiro atoms. The van der Waals surface area contributed by atoms with Gasteiger partial charge in [0, 0.05) is 6.42 Å². The fourth-order valence-electron chi connectivity index (χ4n) is 2.61. The minimum atomic E-state index is -0.419. The van der Waals surface area contributed by atoms with Gasteiger partial charge in [0.2, 0.25) is 0 Å². The highest BCUT2D eigenvalue weighted by molar-refractivity contribution is 6.45. The highest BCUT2D eigenvalue weighted by Gasteiger charge is 2.26. The number of hydrogen-bond donors (Lipinski definition) is 0. The lowest BCUT2D eigenvalue weighted by molar-refractivity contribution is -0.139. The summed E-state index contributed by atoms with van der Waals surface area (Å²) in [6.45, 7) is 9.12. The summed E-state index contributed by atoms with van der Waals surface area (Å²) < 4.78 is 5.34. The number of hydrogen-bond acceptors (Lipinski definition) is 2. The molecule has 0 aliphatic heterocycles. The second kappa shape index (κ2) is 7.89. The number of halogens is 3. The predicted molar refractivity (Wildman–Crippen MR) is 89.9 cm³/mol. The van der Waals surface area contributed by atoms with Gasteiger partial charge in [0.25, 0.3) is 0 Å². The average Bonchev–Trinajstić information content (AvgIpc) is 2.31. The van der Waals surface area contributed by atoms with Crippen LogP contribution in [0.1, 0.15) is 47.0 Å². The van der Waals surface area contributed by atoms with Crippen molar-refractivity contribution in [1.29, 1.82) is 0 Å². The van der Waals surface area contributed by atoms with E-state index in [4.69, 9.17) is 39.5 Å². The maximum absolute atomic E-state index is 12.1. The maximum Gasteiger partial charge on any atom is 0.335 e. The summed E-state index contributed by atoms with van der Waals surface area (Å²) in [5.41, 5.74) is 0.511. The van der Waals surface area contributed by atoms with Crippen molar-refractivity contribution < 1.29 is 9.53 Å². The first-order chi connectivity index (χ1) is 9.62. The van der Waals surface area contributed by atoms with Crippen LogP contribution in [0.3, 0.4) is 0 Å². The maximum atomic E-state index is 12.1. The van der Waals surface area contributed by atoms with Gasteiger partial charge in [-0.25, -0.2) is 4.79 Å². The van der Waals surface area contributed by atoms with Crippen LogP contribution in [-0.4, -0.2) is 18.0 Å². The zero-order valence-corrected chi connectivity index (χ0v) is 15.3. The van der Waals surface area contributed by atoms with Gasteiger partial charge in [-0.3, -0.25) is 0 Å². The third-order valence-electron chi connectivity index (χ3n) is 3.42. The van der Waals surface area contributed by atoms with Gasteiger partial charge < -0.3 is 4.74 Å². The van der Waals surface area contributed by atoms with Gasteiger partial charge in [-0.2, -0.15) is 0 Å². The Balaban J connectivity index is 2.55. The molecule has 0 saturated carbocycles. The minimum absolute atomic E-state index is 0.145. The van der Waals surface area contributed by atoms with Gasteiger partial charge >= 0.3 is 5.97 Å². The molecule has 0 aromatic rings. The molecule has 0 unspecified atom stereocenters. The first kappa shape index (κ1) is 18.9. The third-order valence-corrected chi connectivity index (χ3v) is 4.54. The lowest BCUT2D eigenvalue weighted by Gasteiger charge is -2.26. The Morgan fingerprint density at radius 3 is 2.62 bits per heavy atom. The molecule has 0 amide bonds. The van der Waals surface area contributed by atoms with E-state index in [1.807, 2.05) is 0 Å². The number of carbonyl (C=O) groups is 1. The lowest BCUT2D eigenvalue weighted by atomic mass is 9.81. The molecule has 120 valence electrons. The highest BCUT2D eigenvalue weighted by atomic mass is 35.5. The zero-order chi connectivity index (χ0) is 16.2. The van der Waals surface area contributed by atoms with E-state index in [1.165, 1.54) is 0 Å². The van der Waals surface area contributed by atoms with Crippen LogP contribution in [0.2, 0.25) is 0 Å². The number of rotatable bonds is 6. The van der Waals surface area contributed by atoms with Gasteiger partial charge in [0.1, 0.15) is 0 Å². The first-order valence-corrected chi connectivity index (χ1v) is 8.39. The van der Waals surface area contributed by atoms with Crippen LogP contribution in [0.25, 0.3) is 0 Å². The van der Waals surface area contributed by atoms with Crippen molar-refractivity contribution in [2.75, 3.05) is 6.61 Å². The molecule has 0 aromatic carbocycles. The average molecular weight is 354 g/mol. The van der Waals surface area contributed by atoms with Gasteiger partial charge in [-0.05, 0) is 30.3 Å². The summed E-state index contributed by atoms with van der Waals surface area (Å²) in [5, 5.41) is 0.245. The van der Waals surface area contributed by atoms with E-state index < -0.39 is 5.97 Å². The molecule has 0 aromatic heterocycles. The standard InChI is InChI=1S/C16H23Cl3O2/c1-10(2)9-16(3,4)5-6-21-15(20)12-7-11(17)8-13(18)14(12)19/h8,10-11H,5-7,9H2,1-4H3/t11-/m0/s1. The van der Waals surface area contributed by atoms with Crippen molar-refractivity contribution >= 4 is 40.8 Å². The molecule has 21 heavy (non-hydrogen) atoms. The van der Waals surface area contributed by atoms with Crippen molar-refractivity contribution in [3.8, 4) is 0 Å². The second-order valence-corrected chi connectivity index (χ2v) is 8.02. The molecule has 0 bridgehead atoms. The molecule has 0 N–H and O–H groups in total. The van der Waals surface area contributed by atoms with Crippen LogP contribution in [0, 0.1) is 11.3 Å². The molecule has 1 atom stereocenters. The van der Waals surface area contributed by atoms with Crippen LogP contribution < -0.4 is 0 Å². The Kier molecular flexibility index (Phi) is 7.09. The predicted octanol–water partition coefficient (Wildman–Crippen LogP) is 5.62. The summed E-state index contributed by atoms with van der Waals surface area (Å²) in [7, 11) is 0. The summed E-state index contributed by atoms with van der Waals surface area (Å²) in [6.07, 6.45) is 3.89. The molecule has 0 radical (unpaired) electrons. The summed E-state index contributed by atoms with van der Waals surface area (Å²) in [6, 6.07) is 0. The SMILES string of the molecule is CC(C)CC(C)(C)CCOC(=O)C1=C(Cl)C(Cl)=C[C@@H](Cl)C1. The van der Waals surface area contributed by atoms with Gasteiger partial charge in [0.15, 0.2) is 0 Å². The van der Waals surface area contributed by atoms with Crippen molar-refractivity contribution in [3.63, 3.8) is 0 Å². The molecular weight excluding hydrogens is 331 g/mol. The molecule has 5 heteroatoms. The molecule has 1 rings (SSSR count). The van der Waals surface area contributed by atoms with E-state index in [9.17, 15) is 4.79 Å². The number of carbonyl (C=O) groups excluding carboxylic acids is 1. The molecule has 0 heterocycles. The van der Waals surface area contributed by atoms with Crippen molar-refractivity contribution in [1.82, 2.24) is 0 Å². The lowest BCUT2D eigenvalue weighted by Crippen LogP contribution is -2.21. The van der Waals surface area contributed by atoms with E-state index in [1.54, 1.807) is 6.08 Å². The number of esters is 1. The second-order valence-electron chi connectivity index (χ2n) is 6.68. The number of ether oxygens (including phenoxy) is 1. The molecule has 0 fully saturated rings. The highest BCUT2D eigenvalue weighted by Crippen LogP contribution is 2.34. The van der Waals surface area contributed by atoms with E-state index in [-0.39, 0.29) is 15.8 Å². The Morgan fingerprint density at radius 1 is 1.43 bits per heavy atom. The fourth-order valence-corrected chi connectivity index (χ4v) is 3.44. The Labute approximate surface area is 142 Å². The first-order valence-electron chi connectivity index (χ1n) is 7.20. The third kappa shape index (κ3) is 6.22.